The molecule has 0 aliphatic heterocycles. The molecule has 0 aromatic carbocycles. The second-order valence-electron chi connectivity index (χ2n) is 5.21. The number of aliphatic hydroxyl groups is 1. The molecule has 88 valence electrons. The number of nitrogens with zero attached hydrogens (tertiary/aromatic N) is 1. The maximum absolute atomic E-state index is 10.3. The molecule has 3 unspecified atom stereocenters. The van der Waals surface area contributed by atoms with Gasteiger partial charge in [-0.05, 0) is 43.2 Å². The maximum Gasteiger partial charge on any atom is 0.0833 e. The SMILES string of the molecule is Cc1ccc(C(O)C2CCCC(C)C2)cn1. The van der Waals surface area contributed by atoms with Crippen LogP contribution in [0, 0.1) is 18.8 Å². The minimum absolute atomic E-state index is 0.323. The summed E-state index contributed by atoms with van der Waals surface area (Å²) in [4.78, 5) is 4.25. The lowest BCUT2D eigenvalue weighted by atomic mass is 9.78. The van der Waals surface area contributed by atoms with Crippen LogP contribution in [0.4, 0.5) is 0 Å². The van der Waals surface area contributed by atoms with E-state index in [-0.39, 0.29) is 6.10 Å². The third-order valence-electron chi connectivity index (χ3n) is 3.70. The fraction of sp³-hybridized carbons (Fsp3) is 0.643. The Hall–Kier alpha value is -0.890. The Labute approximate surface area is 97.7 Å². The van der Waals surface area contributed by atoms with Crippen LogP contribution >= 0.6 is 0 Å². The summed E-state index contributed by atoms with van der Waals surface area (Å²) >= 11 is 0. The van der Waals surface area contributed by atoms with Crippen molar-refractivity contribution in [3.05, 3.63) is 29.6 Å². The first kappa shape index (κ1) is 11.6. The van der Waals surface area contributed by atoms with Crippen molar-refractivity contribution >= 4 is 0 Å². The van der Waals surface area contributed by atoms with Crippen molar-refractivity contribution < 1.29 is 5.11 Å². The highest BCUT2D eigenvalue weighted by molar-refractivity contribution is 5.16. The molecule has 0 bridgehead atoms. The molecule has 2 heteroatoms. The second kappa shape index (κ2) is 4.96. The van der Waals surface area contributed by atoms with Gasteiger partial charge in [0.05, 0.1) is 6.10 Å². The summed E-state index contributed by atoms with van der Waals surface area (Å²) in [6.07, 6.45) is 6.36. The Morgan fingerprint density at radius 3 is 2.81 bits per heavy atom. The fourth-order valence-corrected chi connectivity index (χ4v) is 2.69. The highest BCUT2D eigenvalue weighted by Gasteiger charge is 2.26. The zero-order chi connectivity index (χ0) is 11.5. The van der Waals surface area contributed by atoms with Crippen LogP contribution in [0.1, 0.15) is 50.0 Å². The zero-order valence-corrected chi connectivity index (χ0v) is 10.2. The molecule has 1 fully saturated rings. The Morgan fingerprint density at radius 1 is 1.38 bits per heavy atom. The quantitative estimate of drug-likeness (QED) is 0.828. The van der Waals surface area contributed by atoms with E-state index >= 15 is 0 Å². The number of pyridine rings is 1. The van der Waals surface area contributed by atoms with E-state index in [2.05, 4.69) is 11.9 Å². The normalized spacial score (nSPS) is 27.7. The summed E-state index contributed by atoms with van der Waals surface area (Å²) in [5.74, 6) is 1.18. The molecule has 2 nitrogen and oxygen atoms in total. The van der Waals surface area contributed by atoms with Crippen LogP contribution in [-0.2, 0) is 0 Å². The monoisotopic (exact) mass is 219 g/mol. The molecule has 16 heavy (non-hydrogen) atoms. The molecule has 0 spiro atoms. The number of aromatic nitrogens is 1. The zero-order valence-electron chi connectivity index (χ0n) is 10.2. The summed E-state index contributed by atoms with van der Waals surface area (Å²) < 4.78 is 0. The number of rotatable bonds is 2. The van der Waals surface area contributed by atoms with E-state index in [4.69, 9.17) is 0 Å². The van der Waals surface area contributed by atoms with Crippen molar-refractivity contribution in [2.75, 3.05) is 0 Å². The van der Waals surface area contributed by atoms with Gasteiger partial charge in [0.2, 0.25) is 0 Å². The predicted octanol–water partition coefficient (Wildman–Crippen LogP) is 3.25. The van der Waals surface area contributed by atoms with Crippen molar-refractivity contribution in [3.8, 4) is 0 Å². The van der Waals surface area contributed by atoms with Crippen LogP contribution in [0.15, 0.2) is 18.3 Å². The Bertz CT molecular complexity index is 333. The van der Waals surface area contributed by atoms with Gasteiger partial charge in [-0.15, -0.1) is 0 Å². The molecule has 1 aromatic rings. The largest absolute Gasteiger partial charge is 0.388 e. The molecular weight excluding hydrogens is 198 g/mol. The van der Waals surface area contributed by atoms with Gasteiger partial charge in [0.25, 0.3) is 0 Å². The minimum atomic E-state index is -0.323. The molecule has 1 aliphatic carbocycles. The van der Waals surface area contributed by atoms with E-state index in [9.17, 15) is 5.11 Å². The molecule has 1 aromatic heterocycles. The lowest BCUT2D eigenvalue weighted by Gasteiger charge is -2.30. The molecule has 0 saturated heterocycles. The molecule has 1 aliphatic rings. The maximum atomic E-state index is 10.3. The topological polar surface area (TPSA) is 33.1 Å². The summed E-state index contributed by atoms with van der Waals surface area (Å²) in [5.41, 5.74) is 1.98. The first-order valence-corrected chi connectivity index (χ1v) is 6.27. The first-order valence-electron chi connectivity index (χ1n) is 6.27. The van der Waals surface area contributed by atoms with Crippen molar-refractivity contribution in [1.82, 2.24) is 4.98 Å². The van der Waals surface area contributed by atoms with E-state index in [1.807, 2.05) is 25.3 Å². The molecular formula is C14H21NO. The smallest absolute Gasteiger partial charge is 0.0833 e. The van der Waals surface area contributed by atoms with Crippen LogP contribution < -0.4 is 0 Å². The fourth-order valence-electron chi connectivity index (χ4n) is 2.69. The number of aliphatic hydroxyl groups excluding tert-OH is 1. The Balaban J connectivity index is 2.06. The molecule has 1 saturated carbocycles. The average molecular weight is 219 g/mol. The number of hydrogen-bond acceptors (Lipinski definition) is 2. The van der Waals surface area contributed by atoms with Gasteiger partial charge in [-0.3, -0.25) is 4.98 Å². The van der Waals surface area contributed by atoms with E-state index in [1.165, 1.54) is 12.8 Å². The third-order valence-corrected chi connectivity index (χ3v) is 3.70. The van der Waals surface area contributed by atoms with Gasteiger partial charge in [0, 0.05) is 11.9 Å². The van der Waals surface area contributed by atoms with E-state index in [1.54, 1.807) is 0 Å². The van der Waals surface area contributed by atoms with Gasteiger partial charge in [0.15, 0.2) is 0 Å². The van der Waals surface area contributed by atoms with Gasteiger partial charge in [0.1, 0.15) is 0 Å². The standard InChI is InChI=1S/C14H21NO/c1-10-4-3-5-12(8-10)14(16)13-7-6-11(2)15-9-13/h6-7,9-10,12,14,16H,3-5,8H2,1-2H3. The molecule has 1 N–H and O–H groups in total. The Morgan fingerprint density at radius 2 is 2.19 bits per heavy atom. The second-order valence-corrected chi connectivity index (χ2v) is 5.21. The highest BCUT2D eigenvalue weighted by atomic mass is 16.3. The molecule has 0 amide bonds. The van der Waals surface area contributed by atoms with Crippen molar-refractivity contribution in [1.29, 1.82) is 0 Å². The van der Waals surface area contributed by atoms with Crippen LogP contribution in [0.2, 0.25) is 0 Å². The van der Waals surface area contributed by atoms with Crippen LogP contribution in [-0.4, -0.2) is 10.1 Å². The molecule has 1 heterocycles. The van der Waals surface area contributed by atoms with Gasteiger partial charge >= 0.3 is 0 Å². The van der Waals surface area contributed by atoms with Crippen molar-refractivity contribution in [2.24, 2.45) is 11.8 Å². The summed E-state index contributed by atoms with van der Waals surface area (Å²) in [5, 5.41) is 10.3. The Kier molecular flexibility index (Phi) is 3.59. The number of hydrogen-bond donors (Lipinski definition) is 1. The molecule has 3 atom stereocenters. The summed E-state index contributed by atoms with van der Waals surface area (Å²) in [6.45, 7) is 4.26. The average Bonchev–Trinajstić information content (AvgIpc) is 2.29. The van der Waals surface area contributed by atoms with E-state index in [0.717, 1.165) is 30.0 Å². The summed E-state index contributed by atoms with van der Waals surface area (Å²) in [7, 11) is 0. The summed E-state index contributed by atoms with van der Waals surface area (Å²) in [6, 6.07) is 3.98. The highest BCUT2D eigenvalue weighted by Crippen LogP contribution is 2.36. The predicted molar refractivity (Wildman–Crippen MR) is 65.1 cm³/mol. The van der Waals surface area contributed by atoms with E-state index in [0.29, 0.717) is 5.92 Å². The van der Waals surface area contributed by atoms with Crippen LogP contribution in [0.3, 0.4) is 0 Å². The first-order chi connectivity index (χ1) is 7.66. The van der Waals surface area contributed by atoms with Gasteiger partial charge < -0.3 is 5.11 Å². The van der Waals surface area contributed by atoms with Crippen LogP contribution in [0.25, 0.3) is 0 Å². The van der Waals surface area contributed by atoms with Crippen molar-refractivity contribution in [3.63, 3.8) is 0 Å². The van der Waals surface area contributed by atoms with Gasteiger partial charge in [-0.25, -0.2) is 0 Å². The van der Waals surface area contributed by atoms with Crippen LogP contribution in [0.5, 0.6) is 0 Å². The van der Waals surface area contributed by atoms with E-state index < -0.39 is 0 Å². The van der Waals surface area contributed by atoms with Gasteiger partial charge in [-0.1, -0.05) is 25.8 Å². The lowest BCUT2D eigenvalue weighted by molar-refractivity contribution is 0.0711. The molecule has 2 rings (SSSR count). The number of aryl methyl sites for hydroxylation is 1. The minimum Gasteiger partial charge on any atom is -0.388 e. The van der Waals surface area contributed by atoms with Crippen molar-refractivity contribution in [2.45, 2.75) is 45.6 Å². The molecule has 0 radical (unpaired) electrons. The third kappa shape index (κ3) is 2.62. The van der Waals surface area contributed by atoms with Gasteiger partial charge in [-0.2, -0.15) is 0 Å². The lowest BCUT2D eigenvalue weighted by Crippen LogP contribution is -2.20.